The van der Waals surface area contributed by atoms with Crippen LogP contribution in [0.15, 0.2) is 41.0 Å². The number of fused-ring (bicyclic) bond motifs is 1. The second kappa shape index (κ2) is 5.71. The molecule has 2 unspecified atom stereocenters. The van der Waals surface area contributed by atoms with Gasteiger partial charge in [-0.15, -0.1) is 0 Å². The van der Waals surface area contributed by atoms with Gasteiger partial charge in [-0.2, -0.15) is 0 Å². The van der Waals surface area contributed by atoms with Crippen LogP contribution in [0.4, 0.5) is 0 Å². The third-order valence-electron chi connectivity index (χ3n) is 3.95. The fourth-order valence-electron chi connectivity index (χ4n) is 2.79. The molecule has 1 aromatic heterocycles. The highest BCUT2D eigenvalue weighted by Crippen LogP contribution is 2.30. The fraction of sp³-hybridized carbons (Fsp3) is 0.412. The molecule has 0 fully saturated rings. The predicted octanol–water partition coefficient (Wildman–Crippen LogP) is 4.02. The van der Waals surface area contributed by atoms with Crippen molar-refractivity contribution < 1.29 is 9.15 Å². The highest BCUT2D eigenvalue weighted by molar-refractivity contribution is 5.40. The van der Waals surface area contributed by atoms with Crippen LogP contribution in [0.25, 0.3) is 0 Å². The van der Waals surface area contributed by atoms with Crippen LogP contribution in [0.1, 0.15) is 49.2 Å². The molecule has 0 amide bonds. The molecule has 2 aromatic rings. The van der Waals surface area contributed by atoms with Crippen LogP contribution in [0.5, 0.6) is 5.75 Å². The predicted molar refractivity (Wildman–Crippen MR) is 78.9 cm³/mol. The Hall–Kier alpha value is -1.74. The smallest absolute Gasteiger partial charge is 0.122 e. The molecule has 3 heteroatoms. The van der Waals surface area contributed by atoms with E-state index in [1.807, 2.05) is 12.1 Å². The van der Waals surface area contributed by atoms with Gasteiger partial charge in [-0.3, -0.25) is 0 Å². The number of nitrogens with one attached hydrogen (secondary N) is 1. The van der Waals surface area contributed by atoms with E-state index in [-0.39, 0.29) is 6.04 Å². The van der Waals surface area contributed by atoms with E-state index in [1.165, 1.54) is 11.1 Å². The van der Waals surface area contributed by atoms with Crippen LogP contribution in [0.2, 0.25) is 0 Å². The van der Waals surface area contributed by atoms with Gasteiger partial charge in [0, 0.05) is 12.5 Å². The van der Waals surface area contributed by atoms with Gasteiger partial charge in [0.25, 0.3) is 0 Å². The van der Waals surface area contributed by atoms with Gasteiger partial charge >= 0.3 is 0 Å². The Bertz CT molecular complexity index is 562. The molecule has 1 aliphatic heterocycles. The first kappa shape index (κ1) is 13.3. The van der Waals surface area contributed by atoms with Gasteiger partial charge in [0.1, 0.15) is 11.5 Å². The quantitative estimate of drug-likeness (QED) is 0.892. The molecule has 3 rings (SSSR count). The first-order valence-corrected chi connectivity index (χ1v) is 7.33. The summed E-state index contributed by atoms with van der Waals surface area (Å²) in [6.07, 6.45) is 3.79. The fourth-order valence-corrected chi connectivity index (χ4v) is 2.79. The first-order chi connectivity index (χ1) is 9.78. The summed E-state index contributed by atoms with van der Waals surface area (Å²) in [5.41, 5.74) is 2.66. The SMILES string of the molecule is CCC(NC(C)c1ccco1)c1ccc2c(c1)CCO2. The van der Waals surface area contributed by atoms with Crippen molar-refractivity contribution in [3.05, 3.63) is 53.5 Å². The van der Waals surface area contributed by atoms with Crippen molar-refractivity contribution in [1.82, 2.24) is 5.32 Å². The molecule has 3 nitrogen and oxygen atoms in total. The second-order valence-electron chi connectivity index (χ2n) is 5.33. The number of furan rings is 1. The second-order valence-corrected chi connectivity index (χ2v) is 5.33. The molecule has 2 atom stereocenters. The average Bonchev–Trinajstić information content (AvgIpc) is 3.14. The van der Waals surface area contributed by atoms with Crippen LogP contribution in [0, 0.1) is 0 Å². The zero-order valence-electron chi connectivity index (χ0n) is 12.1. The number of hydrogen-bond acceptors (Lipinski definition) is 3. The number of hydrogen-bond donors (Lipinski definition) is 1. The summed E-state index contributed by atoms with van der Waals surface area (Å²) in [5, 5.41) is 3.64. The van der Waals surface area contributed by atoms with Crippen LogP contribution < -0.4 is 10.1 Å². The van der Waals surface area contributed by atoms with Crippen LogP contribution in [-0.2, 0) is 6.42 Å². The molecule has 0 radical (unpaired) electrons. The Labute approximate surface area is 119 Å². The molecular weight excluding hydrogens is 250 g/mol. The van der Waals surface area contributed by atoms with Crippen molar-refractivity contribution in [3.63, 3.8) is 0 Å². The summed E-state index contributed by atoms with van der Waals surface area (Å²) in [7, 11) is 0. The van der Waals surface area contributed by atoms with E-state index in [9.17, 15) is 0 Å². The molecule has 0 spiro atoms. The number of rotatable bonds is 5. The maximum atomic E-state index is 5.57. The normalized spacial score (nSPS) is 16.5. The molecule has 1 N–H and O–H groups in total. The minimum atomic E-state index is 0.208. The maximum absolute atomic E-state index is 5.57. The molecule has 106 valence electrons. The highest BCUT2D eigenvalue weighted by Gasteiger charge is 2.18. The van der Waals surface area contributed by atoms with E-state index >= 15 is 0 Å². The molecule has 1 aliphatic rings. The number of benzene rings is 1. The Morgan fingerprint density at radius 1 is 1.30 bits per heavy atom. The summed E-state index contributed by atoms with van der Waals surface area (Å²) < 4.78 is 11.0. The minimum absolute atomic E-state index is 0.208. The zero-order valence-corrected chi connectivity index (χ0v) is 12.1. The molecule has 0 aliphatic carbocycles. The Kier molecular flexibility index (Phi) is 3.79. The van der Waals surface area contributed by atoms with Crippen LogP contribution >= 0.6 is 0 Å². The van der Waals surface area contributed by atoms with Gasteiger partial charge in [-0.25, -0.2) is 0 Å². The number of ether oxygens (including phenoxy) is 1. The Morgan fingerprint density at radius 2 is 2.20 bits per heavy atom. The van der Waals surface area contributed by atoms with Crippen molar-refractivity contribution in [2.24, 2.45) is 0 Å². The third-order valence-corrected chi connectivity index (χ3v) is 3.95. The van der Waals surface area contributed by atoms with Crippen molar-refractivity contribution in [3.8, 4) is 5.75 Å². The van der Waals surface area contributed by atoms with Crippen molar-refractivity contribution in [2.75, 3.05) is 6.61 Å². The van der Waals surface area contributed by atoms with E-state index in [4.69, 9.17) is 9.15 Å². The summed E-state index contributed by atoms with van der Waals surface area (Å²) in [6.45, 7) is 5.15. The van der Waals surface area contributed by atoms with E-state index in [0.717, 1.165) is 31.0 Å². The molecule has 0 saturated heterocycles. The molecular formula is C17H21NO2. The lowest BCUT2D eigenvalue weighted by atomic mass is 10.00. The van der Waals surface area contributed by atoms with Gasteiger partial charge in [-0.05, 0) is 42.7 Å². The monoisotopic (exact) mass is 271 g/mol. The largest absolute Gasteiger partial charge is 0.493 e. The van der Waals surface area contributed by atoms with Gasteiger partial charge in [0.2, 0.25) is 0 Å². The molecule has 0 saturated carbocycles. The van der Waals surface area contributed by atoms with Crippen molar-refractivity contribution >= 4 is 0 Å². The van der Waals surface area contributed by atoms with Crippen LogP contribution in [0.3, 0.4) is 0 Å². The summed E-state index contributed by atoms with van der Waals surface area (Å²) in [6, 6.07) is 11.0. The zero-order chi connectivity index (χ0) is 13.9. The third kappa shape index (κ3) is 2.59. The summed E-state index contributed by atoms with van der Waals surface area (Å²) in [4.78, 5) is 0. The average molecular weight is 271 g/mol. The van der Waals surface area contributed by atoms with Gasteiger partial charge < -0.3 is 14.5 Å². The topological polar surface area (TPSA) is 34.4 Å². The van der Waals surface area contributed by atoms with E-state index in [0.29, 0.717) is 6.04 Å². The van der Waals surface area contributed by atoms with Gasteiger partial charge in [0.05, 0.1) is 18.9 Å². The lowest BCUT2D eigenvalue weighted by Gasteiger charge is -2.22. The highest BCUT2D eigenvalue weighted by atomic mass is 16.5. The molecule has 0 bridgehead atoms. The summed E-state index contributed by atoms with van der Waals surface area (Å²) >= 11 is 0. The van der Waals surface area contributed by atoms with E-state index < -0.39 is 0 Å². The molecule has 1 aromatic carbocycles. The van der Waals surface area contributed by atoms with Gasteiger partial charge in [-0.1, -0.05) is 19.1 Å². The van der Waals surface area contributed by atoms with E-state index in [2.05, 4.69) is 37.4 Å². The van der Waals surface area contributed by atoms with Crippen LogP contribution in [-0.4, -0.2) is 6.61 Å². The van der Waals surface area contributed by atoms with Crippen molar-refractivity contribution in [2.45, 2.75) is 38.8 Å². The van der Waals surface area contributed by atoms with Crippen molar-refractivity contribution in [1.29, 1.82) is 0 Å². The molecule has 20 heavy (non-hydrogen) atoms. The maximum Gasteiger partial charge on any atom is 0.122 e. The van der Waals surface area contributed by atoms with E-state index in [1.54, 1.807) is 6.26 Å². The van der Waals surface area contributed by atoms with Gasteiger partial charge in [0.15, 0.2) is 0 Å². The summed E-state index contributed by atoms with van der Waals surface area (Å²) in [5.74, 6) is 2.02. The molecule has 2 heterocycles. The minimum Gasteiger partial charge on any atom is -0.493 e. The first-order valence-electron chi connectivity index (χ1n) is 7.33. The lowest BCUT2D eigenvalue weighted by molar-refractivity contribution is 0.356. The Morgan fingerprint density at radius 3 is 2.95 bits per heavy atom. The standard InChI is InChI=1S/C17H21NO2/c1-3-15(18-12(2)16-5-4-9-19-16)13-6-7-17-14(11-13)8-10-20-17/h4-7,9,11-12,15,18H,3,8,10H2,1-2H3. The Balaban J connectivity index is 1.76. The lowest BCUT2D eigenvalue weighted by Crippen LogP contribution is -2.24.